The van der Waals surface area contributed by atoms with Crippen LogP contribution in [-0.4, -0.2) is 27.4 Å². The van der Waals surface area contributed by atoms with Gasteiger partial charge in [-0.3, -0.25) is 0 Å². The van der Waals surface area contributed by atoms with Crippen molar-refractivity contribution in [2.75, 3.05) is 27.4 Å². The van der Waals surface area contributed by atoms with Crippen LogP contribution in [0.3, 0.4) is 0 Å². The SMILES string of the molecule is CNC(c1cc(OC)cs1)C1CCOCC1. The first kappa shape index (κ1) is 11.9. The van der Waals surface area contributed by atoms with E-state index in [1.54, 1.807) is 18.4 Å². The van der Waals surface area contributed by atoms with E-state index in [0.717, 1.165) is 31.8 Å². The Morgan fingerprint density at radius 3 is 2.81 bits per heavy atom. The minimum atomic E-state index is 0.442. The molecular formula is C12H19NO2S. The lowest BCUT2D eigenvalue weighted by Gasteiger charge is -2.29. The fourth-order valence-corrected chi connectivity index (χ4v) is 3.32. The molecule has 0 amide bonds. The molecule has 1 saturated heterocycles. The Labute approximate surface area is 101 Å². The molecule has 90 valence electrons. The van der Waals surface area contributed by atoms with E-state index in [9.17, 15) is 0 Å². The predicted molar refractivity (Wildman–Crippen MR) is 66.2 cm³/mol. The van der Waals surface area contributed by atoms with E-state index in [2.05, 4.69) is 16.8 Å². The summed E-state index contributed by atoms with van der Waals surface area (Å²) in [4.78, 5) is 1.37. The molecule has 1 aliphatic rings. The second-order valence-corrected chi connectivity index (χ2v) is 5.05. The van der Waals surface area contributed by atoms with Gasteiger partial charge in [0.2, 0.25) is 0 Å². The molecule has 1 aromatic rings. The zero-order valence-corrected chi connectivity index (χ0v) is 10.7. The van der Waals surface area contributed by atoms with Gasteiger partial charge in [0.05, 0.1) is 7.11 Å². The summed E-state index contributed by atoms with van der Waals surface area (Å²) in [6.45, 7) is 1.79. The molecule has 1 unspecified atom stereocenters. The third-order valence-corrected chi connectivity index (χ3v) is 4.18. The summed E-state index contributed by atoms with van der Waals surface area (Å²) in [6.07, 6.45) is 2.29. The normalized spacial score (nSPS) is 19.6. The second-order valence-electron chi connectivity index (χ2n) is 4.11. The molecule has 0 aliphatic carbocycles. The topological polar surface area (TPSA) is 30.5 Å². The zero-order valence-electron chi connectivity index (χ0n) is 9.86. The van der Waals surface area contributed by atoms with Crippen LogP contribution in [0.2, 0.25) is 0 Å². The standard InChI is InChI=1S/C12H19NO2S/c1-13-12(9-3-5-15-6-4-9)11-7-10(14-2)8-16-11/h7-9,12-13H,3-6H2,1-2H3. The fraction of sp³-hybridized carbons (Fsp3) is 0.667. The summed E-state index contributed by atoms with van der Waals surface area (Å²) >= 11 is 1.77. The Kier molecular flexibility index (Phi) is 4.21. The van der Waals surface area contributed by atoms with Crippen molar-refractivity contribution in [2.24, 2.45) is 5.92 Å². The summed E-state index contributed by atoms with van der Waals surface area (Å²) in [7, 11) is 3.75. The van der Waals surface area contributed by atoms with Gasteiger partial charge in [0.15, 0.2) is 0 Å². The molecule has 2 heterocycles. The van der Waals surface area contributed by atoms with E-state index in [0.29, 0.717) is 12.0 Å². The number of hydrogen-bond acceptors (Lipinski definition) is 4. The molecule has 0 spiro atoms. The summed E-state index contributed by atoms with van der Waals surface area (Å²) < 4.78 is 10.6. The van der Waals surface area contributed by atoms with Gasteiger partial charge >= 0.3 is 0 Å². The van der Waals surface area contributed by atoms with Gasteiger partial charge in [-0.15, -0.1) is 11.3 Å². The molecule has 4 heteroatoms. The van der Waals surface area contributed by atoms with Crippen LogP contribution >= 0.6 is 11.3 Å². The Balaban J connectivity index is 2.08. The van der Waals surface area contributed by atoms with Gasteiger partial charge in [-0.1, -0.05) is 0 Å². The van der Waals surface area contributed by atoms with E-state index in [-0.39, 0.29) is 0 Å². The highest BCUT2D eigenvalue weighted by Crippen LogP contribution is 2.35. The van der Waals surface area contributed by atoms with Crippen LogP contribution in [0.1, 0.15) is 23.8 Å². The fourth-order valence-electron chi connectivity index (χ4n) is 2.26. The first-order valence-electron chi connectivity index (χ1n) is 5.72. The van der Waals surface area contributed by atoms with E-state index < -0.39 is 0 Å². The first-order valence-corrected chi connectivity index (χ1v) is 6.60. The minimum absolute atomic E-state index is 0.442. The molecule has 1 atom stereocenters. The molecular weight excluding hydrogens is 222 g/mol. The van der Waals surface area contributed by atoms with Gasteiger partial charge in [-0.25, -0.2) is 0 Å². The molecule has 1 fully saturated rings. The van der Waals surface area contributed by atoms with Gasteiger partial charge in [0.25, 0.3) is 0 Å². The summed E-state index contributed by atoms with van der Waals surface area (Å²) in [6, 6.07) is 2.58. The molecule has 0 bridgehead atoms. The van der Waals surface area contributed by atoms with Crippen LogP contribution in [-0.2, 0) is 4.74 Å². The number of thiophene rings is 1. The van der Waals surface area contributed by atoms with Crippen LogP contribution in [0.15, 0.2) is 11.4 Å². The van der Waals surface area contributed by atoms with Crippen molar-refractivity contribution in [1.82, 2.24) is 5.32 Å². The third kappa shape index (κ3) is 2.56. The number of nitrogens with one attached hydrogen (secondary N) is 1. The number of rotatable bonds is 4. The number of methoxy groups -OCH3 is 1. The number of hydrogen-bond donors (Lipinski definition) is 1. The highest BCUT2D eigenvalue weighted by atomic mass is 32.1. The van der Waals surface area contributed by atoms with Crippen LogP contribution in [0, 0.1) is 5.92 Å². The van der Waals surface area contributed by atoms with Crippen LogP contribution in [0.5, 0.6) is 5.75 Å². The van der Waals surface area contributed by atoms with E-state index in [1.165, 1.54) is 4.88 Å². The van der Waals surface area contributed by atoms with Crippen molar-refractivity contribution >= 4 is 11.3 Å². The van der Waals surface area contributed by atoms with Gasteiger partial charge in [-0.2, -0.15) is 0 Å². The van der Waals surface area contributed by atoms with Gasteiger partial charge < -0.3 is 14.8 Å². The van der Waals surface area contributed by atoms with Crippen LogP contribution in [0.4, 0.5) is 0 Å². The zero-order chi connectivity index (χ0) is 11.4. The van der Waals surface area contributed by atoms with E-state index in [1.807, 2.05) is 7.05 Å². The predicted octanol–water partition coefficient (Wildman–Crippen LogP) is 2.44. The summed E-state index contributed by atoms with van der Waals surface area (Å²) in [5, 5.41) is 5.49. The highest BCUT2D eigenvalue weighted by molar-refractivity contribution is 7.10. The lowest BCUT2D eigenvalue weighted by molar-refractivity contribution is 0.0550. The quantitative estimate of drug-likeness (QED) is 0.878. The Morgan fingerprint density at radius 2 is 2.25 bits per heavy atom. The maximum atomic E-state index is 5.41. The minimum Gasteiger partial charge on any atom is -0.496 e. The van der Waals surface area contributed by atoms with Crippen molar-refractivity contribution in [1.29, 1.82) is 0 Å². The third-order valence-electron chi connectivity index (χ3n) is 3.19. The monoisotopic (exact) mass is 241 g/mol. The largest absolute Gasteiger partial charge is 0.496 e. The van der Waals surface area contributed by atoms with Crippen LogP contribution in [0.25, 0.3) is 0 Å². The lowest BCUT2D eigenvalue weighted by atomic mass is 9.91. The average Bonchev–Trinajstić information content (AvgIpc) is 2.80. The lowest BCUT2D eigenvalue weighted by Crippen LogP contribution is -2.29. The van der Waals surface area contributed by atoms with Crippen molar-refractivity contribution in [3.05, 3.63) is 16.3 Å². The Morgan fingerprint density at radius 1 is 1.50 bits per heavy atom. The van der Waals surface area contributed by atoms with Crippen LogP contribution < -0.4 is 10.1 Å². The molecule has 0 radical (unpaired) electrons. The molecule has 16 heavy (non-hydrogen) atoms. The summed E-state index contributed by atoms with van der Waals surface area (Å²) in [5.41, 5.74) is 0. The Hall–Kier alpha value is -0.580. The van der Waals surface area contributed by atoms with Crippen molar-refractivity contribution in [3.8, 4) is 5.75 Å². The van der Waals surface area contributed by atoms with Crippen molar-refractivity contribution < 1.29 is 9.47 Å². The first-order chi connectivity index (χ1) is 7.85. The number of ether oxygens (including phenoxy) is 2. The second kappa shape index (κ2) is 5.66. The van der Waals surface area contributed by atoms with Crippen molar-refractivity contribution in [3.63, 3.8) is 0 Å². The maximum Gasteiger partial charge on any atom is 0.129 e. The molecule has 1 aliphatic heterocycles. The maximum absolute atomic E-state index is 5.41. The highest BCUT2D eigenvalue weighted by Gasteiger charge is 2.25. The Bertz CT molecular complexity index is 321. The average molecular weight is 241 g/mol. The molecule has 3 nitrogen and oxygen atoms in total. The van der Waals surface area contributed by atoms with E-state index >= 15 is 0 Å². The summed E-state index contributed by atoms with van der Waals surface area (Å²) in [5.74, 6) is 1.65. The molecule has 0 saturated carbocycles. The molecule has 2 rings (SSSR count). The van der Waals surface area contributed by atoms with E-state index in [4.69, 9.17) is 9.47 Å². The van der Waals surface area contributed by atoms with Gasteiger partial charge in [-0.05, 0) is 31.9 Å². The van der Waals surface area contributed by atoms with Crippen molar-refractivity contribution in [2.45, 2.75) is 18.9 Å². The van der Waals surface area contributed by atoms with Gasteiger partial charge in [0, 0.05) is 29.5 Å². The molecule has 1 aromatic heterocycles. The smallest absolute Gasteiger partial charge is 0.129 e. The molecule has 1 N–H and O–H groups in total. The van der Waals surface area contributed by atoms with Gasteiger partial charge in [0.1, 0.15) is 5.75 Å². The molecule has 0 aromatic carbocycles.